The summed E-state index contributed by atoms with van der Waals surface area (Å²) in [4.78, 5) is 3.45. The number of pyridine rings is 1. The maximum absolute atomic E-state index is 12.4. The Labute approximate surface area is 109 Å². The summed E-state index contributed by atoms with van der Waals surface area (Å²) in [6.07, 6.45) is 0.630. The van der Waals surface area contributed by atoms with Crippen molar-refractivity contribution in [1.29, 1.82) is 0 Å². The first-order valence-electron chi connectivity index (χ1n) is 5.74. The average Bonchev–Trinajstić information content (AvgIpc) is 2.76. The van der Waals surface area contributed by atoms with Crippen LogP contribution in [0.2, 0.25) is 0 Å². The molecule has 1 unspecified atom stereocenters. The minimum atomic E-state index is -4.42. The van der Waals surface area contributed by atoms with Gasteiger partial charge in [-0.1, -0.05) is 18.5 Å². The molecule has 0 saturated carbocycles. The monoisotopic (exact) mass is 265 g/mol. The van der Waals surface area contributed by atoms with Crippen molar-refractivity contribution in [3.05, 3.63) is 42.0 Å². The minimum absolute atomic E-state index is 0.174. The van der Waals surface area contributed by atoms with Crippen molar-refractivity contribution < 1.29 is 13.2 Å². The fourth-order valence-electron chi connectivity index (χ4n) is 1.87. The van der Waals surface area contributed by atoms with Crippen molar-refractivity contribution in [3.63, 3.8) is 0 Å². The molecule has 0 N–H and O–H groups in total. The van der Waals surface area contributed by atoms with E-state index in [1.807, 2.05) is 6.92 Å². The molecular weight excluding hydrogens is 254 g/mol. The van der Waals surface area contributed by atoms with Crippen molar-refractivity contribution in [2.24, 2.45) is 0 Å². The molecule has 0 amide bonds. The summed E-state index contributed by atoms with van der Waals surface area (Å²) in [5.74, 6) is 0. The van der Waals surface area contributed by atoms with Gasteiger partial charge in [0.05, 0.1) is 6.04 Å². The second-order valence-electron chi connectivity index (χ2n) is 4.15. The fourth-order valence-corrected chi connectivity index (χ4v) is 1.87. The van der Waals surface area contributed by atoms with Crippen LogP contribution >= 0.6 is 0 Å². The van der Waals surface area contributed by atoms with Crippen molar-refractivity contribution in [2.45, 2.75) is 25.6 Å². The molecule has 2 radical (unpaired) electrons. The molecule has 0 fully saturated rings. The Hall–Kier alpha value is -1.79. The summed E-state index contributed by atoms with van der Waals surface area (Å²) in [6.45, 7) is 1.92. The standard InChI is InChI=1S/C12H11BF3N3/c1-2-10(19-7-9(13)6-18-19)8-3-4-11(17-5-8)12(14,15)16/h3-7,10H,2H2,1H3. The molecule has 0 aromatic carbocycles. The molecule has 0 aliphatic rings. The number of nitrogens with zero attached hydrogens (tertiary/aromatic N) is 3. The van der Waals surface area contributed by atoms with Crippen LogP contribution in [0.1, 0.15) is 30.6 Å². The van der Waals surface area contributed by atoms with E-state index in [1.54, 1.807) is 10.9 Å². The Morgan fingerprint density at radius 1 is 1.32 bits per heavy atom. The summed E-state index contributed by atoms with van der Waals surface area (Å²) in [5, 5.41) is 4.08. The lowest BCUT2D eigenvalue weighted by atomic mass is 10.0. The summed E-state index contributed by atoms with van der Waals surface area (Å²) in [5.41, 5.74) is 0.281. The van der Waals surface area contributed by atoms with Gasteiger partial charge in [-0.05, 0) is 18.1 Å². The van der Waals surface area contributed by atoms with Crippen LogP contribution in [0, 0.1) is 0 Å². The number of rotatable bonds is 3. The third-order valence-corrected chi connectivity index (χ3v) is 2.79. The molecule has 2 rings (SSSR count). The van der Waals surface area contributed by atoms with Gasteiger partial charge in [0, 0.05) is 18.6 Å². The van der Waals surface area contributed by atoms with Gasteiger partial charge in [-0.3, -0.25) is 9.67 Å². The Morgan fingerprint density at radius 3 is 2.47 bits per heavy atom. The number of halogens is 3. The van der Waals surface area contributed by atoms with Crippen LogP contribution in [-0.4, -0.2) is 22.6 Å². The van der Waals surface area contributed by atoms with E-state index in [-0.39, 0.29) is 6.04 Å². The van der Waals surface area contributed by atoms with Gasteiger partial charge in [-0.25, -0.2) is 0 Å². The highest BCUT2D eigenvalue weighted by molar-refractivity contribution is 6.31. The number of aromatic nitrogens is 3. The van der Waals surface area contributed by atoms with E-state index in [9.17, 15) is 13.2 Å². The highest BCUT2D eigenvalue weighted by Crippen LogP contribution is 2.28. The normalized spacial score (nSPS) is 13.5. The number of hydrogen-bond donors (Lipinski definition) is 0. The predicted molar refractivity (Wildman–Crippen MR) is 65.3 cm³/mol. The predicted octanol–water partition coefficient (Wildman–Crippen LogP) is 2.09. The average molecular weight is 265 g/mol. The molecule has 0 aliphatic carbocycles. The van der Waals surface area contributed by atoms with Gasteiger partial charge in [-0.2, -0.15) is 18.3 Å². The molecule has 0 spiro atoms. The first-order valence-corrected chi connectivity index (χ1v) is 5.74. The fraction of sp³-hybridized carbons (Fsp3) is 0.333. The maximum Gasteiger partial charge on any atom is 0.433 e. The minimum Gasteiger partial charge on any atom is -0.266 e. The van der Waals surface area contributed by atoms with Gasteiger partial charge < -0.3 is 0 Å². The Bertz CT molecular complexity index is 548. The quantitative estimate of drug-likeness (QED) is 0.795. The van der Waals surface area contributed by atoms with Crippen molar-refractivity contribution in [1.82, 2.24) is 14.8 Å². The number of alkyl halides is 3. The Kier molecular flexibility index (Phi) is 3.64. The van der Waals surface area contributed by atoms with E-state index < -0.39 is 11.9 Å². The Balaban J connectivity index is 2.30. The number of hydrogen-bond acceptors (Lipinski definition) is 2. The van der Waals surface area contributed by atoms with Crippen LogP contribution in [0.5, 0.6) is 0 Å². The molecule has 0 bridgehead atoms. The molecule has 1 atom stereocenters. The molecule has 2 heterocycles. The Morgan fingerprint density at radius 2 is 2.05 bits per heavy atom. The summed E-state index contributed by atoms with van der Waals surface area (Å²) in [7, 11) is 5.58. The molecular formula is C12H11BF3N3. The summed E-state index contributed by atoms with van der Waals surface area (Å²) < 4.78 is 38.9. The smallest absolute Gasteiger partial charge is 0.266 e. The van der Waals surface area contributed by atoms with Gasteiger partial charge in [0.2, 0.25) is 0 Å². The SMILES string of the molecule is [B]c1cnn(C(CC)c2ccc(C(F)(F)F)nc2)c1. The lowest BCUT2D eigenvalue weighted by Crippen LogP contribution is -2.13. The largest absolute Gasteiger partial charge is 0.433 e. The molecule has 98 valence electrons. The van der Waals surface area contributed by atoms with Gasteiger partial charge in [0.15, 0.2) is 0 Å². The van der Waals surface area contributed by atoms with Crippen molar-refractivity contribution >= 4 is 13.3 Å². The van der Waals surface area contributed by atoms with Crippen LogP contribution in [0.15, 0.2) is 30.7 Å². The van der Waals surface area contributed by atoms with E-state index in [0.717, 1.165) is 6.07 Å². The molecule has 0 saturated heterocycles. The highest BCUT2D eigenvalue weighted by Gasteiger charge is 2.32. The molecule has 7 heteroatoms. The maximum atomic E-state index is 12.4. The first kappa shape index (κ1) is 13.6. The van der Waals surface area contributed by atoms with Gasteiger partial charge >= 0.3 is 6.18 Å². The second-order valence-corrected chi connectivity index (χ2v) is 4.15. The third kappa shape index (κ3) is 2.97. The van der Waals surface area contributed by atoms with Gasteiger partial charge in [-0.15, -0.1) is 0 Å². The topological polar surface area (TPSA) is 30.7 Å². The zero-order chi connectivity index (χ0) is 14.0. The summed E-state index contributed by atoms with van der Waals surface area (Å²) >= 11 is 0. The zero-order valence-corrected chi connectivity index (χ0v) is 10.2. The molecule has 19 heavy (non-hydrogen) atoms. The first-order chi connectivity index (χ1) is 8.91. The van der Waals surface area contributed by atoms with Gasteiger partial charge in [0.25, 0.3) is 0 Å². The zero-order valence-electron chi connectivity index (χ0n) is 10.2. The van der Waals surface area contributed by atoms with Crippen molar-refractivity contribution in [3.8, 4) is 0 Å². The van der Waals surface area contributed by atoms with E-state index in [4.69, 9.17) is 7.85 Å². The van der Waals surface area contributed by atoms with Crippen LogP contribution in [0.3, 0.4) is 0 Å². The van der Waals surface area contributed by atoms with Crippen LogP contribution < -0.4 is 5.46 Å². The van der Waals surface area contributed by atoms with E-state index >= 15 is 0 Å². The lowest BCUT2D eigenvalue weighted by Gasteiger charge is -2.16. The lowest BCUT2D eigenvalue weighted by molar-refractivity contribution is -0.141. The van der Waals surface area contributed by atoms with E-state index in [2.05, 4.69) is 10.1 Å². The summed E-state index contributed by atoms with van der Waals surface area (Å²) in [6, 6.07) is 2.22. The second kappa shape index (κ2) is 5.07. The van der Waals surface area contributed by atoms with Crippen LogP contribution in [-0.2, 0) is 6.18 Å². The van der Waals surface area contributed by atoms with E-state index in [1.165, 1.54) is 18.5 Å². The molecule has 2 aromatic heterocycles. The third-order valence-electron chi connectivity index (χ3n) is 2.79. The van der Waals surface area contributed by atoms with Crippen LogP contribution in [0.4, 0.5) is 13.2 Å². The highest BCUT2D eigenvalue weighted by atomic mass is 19.4. The van der Waals surface area contributed by atoms with Crippen LogP contribution in [0.25, 0.3) is 0 Å². The van der Waals surface area contributed by atoms with Gasteiger partial charge in [0.1, 0.15) is 13.5 Å². The molecule has 3 nitrogen and oxygen atoms in total. The molecule has 2 aromatic rings. The molecule has 0 aliphatic heterocycles. The van der Waals surface area contributed by atoms with E-state index in [0.29, 0.717) is 17.4 Å². The van der Waals surface area contributed by atoms with Crippen molar-refractivity contribution in [2.75, 3.05) is 0 Å².